The summed E-state index contributed by atoms with van der Waals surface area (Å²) in [5.41, 5.74) is 0. The van der Waals surface area contributed by atoms with Crippen LogP contribution in [0.25, 0.3) is 0 Å². The minimum absolute atomic E-state index is 0.105. The molecule has 1 saturated heterocycles. The molecular weight excluding hydrogens is 244 g/mol. The molecule has 1 heterocycles. The second-order valence-corrected chi connectivity index (χ2v) is 7.56. The van der Waals surface area contributed by atoms with Gasteiger partial charge in [-0.15, -0.1) is 23.5 Å². The quantitative estimate of drug-likeness (QED) is 0.677. The lowest BCUT2D eigenvalue weighted by Gasteiger charge is -2.08. The summed E-state index contributed by atoms with van der Waals surface area (Å²) in [4.78, 5) is 11.0. The van der Waals surface area contributed by atoms with E-state index in [4.69, 9.17) is 0 Å². The lowest BCUT2D eigenvalue weighted by atomic mass is 10.2. The zero-order valence-electron chi connectivity index (χ0n) is 9.11. The summed E-state index contributed by atoms with van der Waals surface area (Å²) >= 11 is 5.47. The highest BCUT2D eigenvalue weighted by atomic mass is 32.2. The van der Waals surface area contributed by atoms with Gasteiger partial charge in [0, 0.05) is 16.8 Å². The predicted molar refractivity (Wildman–Crippen MR) is 74.8 cm³/mol. The summed E-state index contributed by atoms with van der Waals surface area (Å²) in [6, 6.07) is 0. The van der Waals surface area contributed by atoms with E-state index in [0.717, 1.165) is 11.0 Å². The molecule has 0 aromatic heterocycles. The Morgan fingerprint density at radius 2 is 2.47 bits per heavy atom. The highest BCUT2D eigenvalue weighted by Crippen LogP contribution is 2.41. The molecule has 1 nitrogen and oxygen atoms in total. The standard InChI is InChI=1S/C11H18OS3/c1-3-5-6-9-7-14-11(15-9)8-13-10(12)4-2/h4,9,11H,2-3,5-8H2,1H3. The summed E-state index contributed by atoms with van der Waals surface area (Å²) < 4.78 is 0.612. The zero-order valence-corrected chi connectivity index (χ0v) is 11.6. The average Bonchev–Trinajstić information content (AvgIpc) is 2.71. The summed E-state index contributed by atoms with van der Waals surface area (Å²) in [6.45, 7) is 5.72. The summed E-state index contributed by atoms with van der Waals surface area (Å²) in [5, 5.41) is 0.924. The van der Waals surface area contributed by atoms with Crippen LogP contribution in [0.4, 0.5) is 0 Å². The first-order chi connectivity index (χ1) is 7.26. The van der Waals surface area contributed by atoms with Gasteiger partial charge in [0.05, 0.1) is 4.58 Å². The van der Waals surface area contributed by atoms with Gasteiger partial charge < -0.3 is 0 Å². The Kier molecular flexibility index (Phi) is 6.93. The van der Waals surface area contributed by atoms with Gasteiger partial charge in [-0.2, -0.15) is 0 Å². The van der Waals surface area contributed by atoms with E-state index < -0.39 is 0 Å². The molecule has 0 aliphatic carbocycles. The molecule has 0 bridgehead atoms. The largest absolute Gasteiger partial charge is 0.282 e. The van der Waals surface area contributed by atoms with E-state index in [-0.39, 0.29) is 5.12 Å². The average molecular weight is 262 g/mol. The molecule has 0 aromatic carbocycles. The topological polar surface area (TPSA) is 17.1 Å². The van der Waals surface area contributed by atoms with Crippen molar-refractivity contribution in [3.8, 4) is 0 Å². The molecule has 0 saturated carbocycles. The van der Waals surface area contributed by atoms with Crippen LogP contribution in [-0.2, 0) is 4.79 Å². The van der Waals surface area contributed by atoms with Crippen LogP contribution >= 0.6 is 35.3 Å². The molecule has 4 heteroatoms. The fourth-order valence-electron chi connectivity index (χ4n) is 1.39. The number of unbranched alkanes of at least 4 members (excludes halogenated alkanes) is 1. The first-order valence-electron chi connectivity index (χ1n) is 5.32. The van der Waals surface area contributed by atoms with Crippen molar-refractivity contribution in [1.29, 1.82) is 0 Å². The van der Waals surface area contributed by atoms with Crippen LogP contribution in [-0.4, -0.2) is 26.5 Å². The van der Waals surface area contributed by atoms with Crippen molar-refractivity contribution in [3.05, 3.63) is 12.7 Å². The Labute approximate surface area is 105 Å². The van der Waals surface area contributed by atoms with Crippen LogP contribution in [0, 0.1) is 0 Å². The Hall–Kier alpha value is 0.460. The molecule has 1 aliphatic rings. The molecule has 0 radical (unpaired) electrons. The maximum absolute atomic E-state index is 11.0. The van der Waals surface area contributed by atoms with Gasteiger partial charge in [0.25, 0.3) is 0 Å². The van der Waals surface area contributed by atoms with E-state index in [2.05, 4.69) is 25.3 Å². The van der Waals surface area contributed by atoms with Crippen molar-refractivity contribution in [1.82, 2.24) is 0 Å². The fraction of sp³-hybridized carbons (Fsp3) is 0.727. The number of hydrogen-bond donors (Lipinski definition) is 0. The summed E-state index contributed by atoms with van der Waals surface area (Å²) in [7, 11) is 0. The van der Waals surface area contributed by atoms with Crippen molar-refractivity contribution >= 4 is 40.4 Å². The van der Waals surface area contributed by atoms with Crippen LogP contribution in [0.1, 0.15) is 26.2 Å². The Morgan fingerprint density at radius 1 is 1.67 bits per heavy atom. The van der Waals surface area contributed by atoms with Gasteiger partial charge in [-0.1, -0.05) is 38.1 Å². The van der Waals surface area contributed by atoms with Crippen LogP contribution < -0.4 is 0 Å². The first kappa shape index (κ1) is 13.5. The SMILES string of the molecule is C=CC(=O)SCC1SCC(CCCC)S1. The van der Waals surface area contributed by atoms with Crippen LogP contribution in [0.5, 0.6) is 0 Å². The maximum atomic E-state index is 11.0. The molecular formula is C11H18OS3. The number of hydrogen-bond acceptors (Lipinski definition) is 4. The van der Waals surface area contributed by atoms with Crippen LogP contribution in [0.15, 0.2) is 12.7 Å². The number of thioether (sulfide) groups is 3. The van der Waals surface area contributed by atoms with Crippen molar-refractivity contribution in [2.75, 3.05) is 11.5 Å². The molecule has 1 fully saturated rings. The van der Waals surface area contributed by atoms with Crippen molar-refractivity contribution in [3.63, 3.8) is 0 Å². The molecule has 0 spiro atoms. The molecule has 1 rings (SSSR count). The molecule has 0 N–H and O–H groups in total. The highest BCUT2D eigenvalue weighted by molar-refractivity contribution is 8.22. The minimum Gasteiger partial charge on any atom is -0.282 e. The van der Waals surface area contributed by atoms with Crippen LogP contribution in [0.2, 0.25) is 0 Å². The minimum atomic E-state index is 0.105. The Bertz CT molecular complexity index is 218. The van der Waals surface area contributed by atoms with Crippen LogP contribution in [0.3, 0.4) is 0 Å². The van der Waals surface area contributed by atoms with Crippen molar-refractivity contribution in [2.24, 2.45) is 0 Å². The lowest BCUT2D eigenvalue weighted by Crippen LogP contribution is -2.02. The van der Waals surface area contributed by atoms with Gasteiger partial charge in [0.1, 0.15) is 0 Å². The summed E-state index contributed by atoms with van der Waals surface area (Å²) in [6.07, 6.45) is 5.37. The van der Waals surface area contributed by atoms with E-state index in [0.29, 0.717) is 4.58 Å². The molecule has 86 valence electrons. The van der Waals surface area contributed by atoms with E-state index in [1.807, 2.05) is 11.8 Å². The molecule has 0 amide bonds. The third-order valence-corrected chi connectivity index (χ3v) is 6.94. The Morgan fingerprint density at radius 3 is 3.13 bits per heavy atom. The molecule has 1 aliphatic heterocycles. The number of carbonyl (C=O) groups excluding carboxylic acids is 1. The maximum Gasteiger partial charge on any atom is 0.211 e. The van der Waals surface area contributed by atoms with E-state index in [1.54, 1.807) is 0 Å². The van der Waals surface area contributed by atoms with Gasteiger partial charge in [-0.3, -0.25) is 4.79 Å². The molecule has 2 atom stereocenters. The van der Waals surface area contributed by atoms with E-state index in [1.165, 1.54) is 42.9 Å². The van der Waals surface area contributed by atoms with Gasteiger partial charge in [0.2, 0.25) is 5.12 Å². The van der Waals surface area contributed by atoms with Gasteiger partial charge >= 0.3 is 0 Å². The third-order valence-electron chi connectivity index (χ3n) is 2.22. The lowest BCUT2D eigenvalue weighted by molar-refractivity contribution is -0.107. The van der Waals surface area contributed by atoms with Gasteiger partial charge in [0.15, 0.2) is 0 Å². The molecule has 0 aromatic rings. The third kappa shape index (κ3) is 5.36. The highest BCUT2D eigenvalue weighted by Gasteiger charge is 2.25. The van der Waals surface area contributed by atoms with Crippen molar-refractivity contribution < 1.29 is 4.79 Å². The zero-order chi connectivity index (χ0) is 11.1. The number of rotatable bonds is 6. The van der Waals surface area contributed by atoms with E-state index >= 15 is 0 Å². The van der Waals surface area contributed by atoms with Gasteiger partial charge in [-0.05, 0) is 12.5 Å². The van der Waals surface area contributed by atoms with E-state index in [9.17, 15) is 4.79 Å². The second kappa shape index (κ2) is 7.69. The number of carbonyl (C=O) groups is 1. The normalized spacial score (nSPS) is 25.4. The van der Waals surface area contributed by atoms with Crippen molar-refractivity contribution in [2.45, 2.75) is 36.0 Å². The van der Waals surface area contributed by atoms with Gasteiger partial charge in [-0.25, -0.2) is 0 Å². The fourth-order valence-corrected chi connectivity index (χ4v) is 5.81. The summed E-state index contributed by atoms with van der Waals surface area (Å²) in [5.74, 6) is 2.20. The first-order valence-corrected chi connectivity index (χ1v) is 8.30. The molecule has 2 unspecified atom stereocenters. The predicted octanol–water partition coefficient (Wildman–Crippen LogP) is 3.80. The monoisotopic (exact) mass is 262 g/mol. The molecule has 15 heavy (non-hydrogen) atoms. The smallest absolute Gasteiger partial charge is 0.211 e. The second-order valence-electron chi connectivity index (χ2n) is 3.50. The Balaban J connectivity index is 2.13.